The summed E-state index contributed by atoms with van der Waals surface area (Å²) < 4.78 is 7.07. The number of ether oxygens (including phenoxy) is 1. The fourth-order valence-corrected chi connectivity index (χ4v) is 3.73. The fourth-order valence-electron chi connectivity index (χ4n) is 3.73. The summed E-state index contributed by atoms with van der Waals surface area (Å²) in [6.45, 7) is 1.78. The number of carbonyl (C=O) groups is 1. The van der Waals surface area contributed by atoms with Crippen LogP contribution in [0, 0.1) is 0 Å². The van der Waals surface area contributed by atoms with E-state index in [-0.39, 0.29) is 11.3 Å². The Balaban J connectivity index is 1.70. The number of carboxylic acids is 1. The highest BCUT2D eigenvalue weighted by molar-refractivity contribution is 5.87. The first-order valence-corrected chi connectivity index (χ1v) is 10.5. The number of benzene rings is 2. The van der Waals surface area contributed by atoms with E-state index in [9.17, 15) is 14.7 Å². The van der Waals surface area contributed by atoms with E-state index >= 15 is 0 Å². The number of nitrogens with one attached hydrogen (secondary N) is 1. The van der Waals surface area contributed by atoms with Gasteiger partial charge in [-0.15, -0.1) is 0 Å². The van der Waals surface area contributed by atoms with Crippen LogP contribution in [0.4, 0.5) is 5.69 Å². The Morgan fingerprint density at radius 1 is 1.06 bits per heavy atom. The van der Waals surface area contributed by atoms with Gasteiger partial charge in [0.05, 0.1) is 17.0 Å². The van der Waals surface area contributed by atoms with Gasteiger partial charge >= 0.3 is 5.97 Å². The number of anilines is 1. The number of allylic oxidation sites excluding steroid dienone is 4. The minimum absolute atomic E-state index is 0.140. The lowest BCUT2D eigenvalue weighted by atomic mass is 9.95. The average Bonchev–Trinajstić information content (AvgIpc) is 3.15. The topological polar surface area (TPSA) is 87.6 Å². The summed E-state index contributed by atoms with van der Waals surface area (Å²) in [5.41, 5.74) is 2.27. The lowest BCUT2D eigenvalue weighted by Crippen LogP contribution is -2.20. The Kier molecular flexibility index (Phi) is 6.04. The Morgan fingerprint density at radius 3 is 2.39 bits per heavy atom. The second-order valence-electron chi connectivity index (χ2n) is 7.98. The predicted molar refractivity (Wildman–Crippen MR) is 129 cm³/mol. The maximum absolute atomic E-state index is 13.2. The van der Waals surface area contributed by atoms with Crippen molar-refractivity contribution in [1.29, 1.82) is 0 Å². The third kappa shape index (κ3) is 4.67. The van der Waals surface area contributed by atoms with Crippen molar-refractivity contribution in [1.82, 2.24) is 9.78 Å². The van der Waals surface area contributed by atoms with Gasteiger partial charge in [-0.2, -0.15) is 0 Å². The van der Waals surface area contributed by atoms with Gasteiger partial charge in [-0.05, 0) is 55.0 Å². The number of nitrogens with zero attached hydrogens (tertiary/aromatic N) is 2. The van der Waals surface area contributed by atoms with Gasteiger partial charge in [-0.1, -0.05) is 36.4 Å². The summed E-state index contributed by atoms with van der Waals surface area (Å²) in [5.74, 6) is -0.608. The van der Waals surface area contributed by atoms with Gasteiger partial charge in [-0.3, -0.25) is 9.89 Å². The van der Waals surface area contributed by atoms with Crippen LogP contribution in [0.1, 0.15) is 34.5 Å². The van der Waals surface area contributed by atoms with Gasteiger partial charge in [0.1, 0.15) is 11.5 Å². The van der Waals surface area contributed by atoms with E-state index in [2.05, 4.69) is 5.10 Å². The summed E-state index contributed by atoms with van der Waals surface area (Å²) in [6.07, 6.45) is 7.23. The molecule has 1 aliphatic rings. The van der Waals surface area contributed by atoms with Gasteiger partial charge in [0.15, 0.2) is 0 Å². The van der Waals surface area contributed by atoms with E-state index in [1.165, 1.54) is 4.68 Å². The number of para-hydroxylation sites is 1. The summed E-state index contributed by atoms with van der Waals surface area (Å²) in [5, 5.41) is 12.5. The average molecular weight is 444 g/mol. The summed E-state index contributed by atoms with van der Waals surface area (Å²) >= 11 is 0. The second kappa shape index (κ2) is 9.08. The van der Waals surface area contributed by atoms with Crippen molar-refractivity contribution in [3.05, 3.63) is 112 Å². The number of hydrogen-bond donors (Lipinski definition) is 2. The minimum Gasteiger partial charge on any atom is -0.477 e. The smallest absolute Gasteiger partial charge is 0.354 e. The van der Waals surface area contributed by atoms with Crippen molar-refractivity contribution >= 4 is 17.7 Å². The molecule has 2 heterocycles. The molecule has 2 N–H and O–H groups in total. The molecule has 4 rings (SSSR count). The van der Waals surface area contributed by atoms with Gasteiger partial charge in [0.2, 0.25) is 0 Å². The molecule has 7 heteroatoms. The molecule has 168 valence electrons. The highest BCUT2D eigenvalue weighted by Gasteiger charge is 2.27. The number of aromatic carboxylic acids is 1. The van der Waals surface area contributed by atoms with Crippen LogP contribution in [0.3, 0.4) is 0 Å². The van der Waals surface area contributed by atoms with E-state index in [0.29, 0.717) is 17.2 Å². The van der Waals surface area contributed by atoms with Crippen LogP contribution in [0.15, 0.2) is 89.1 Å². The lowest BCUT2D eigenvalue weighted by molar-refractivity contribution is 0.0688. The SMILES string of the molecule is CC1=CC(c2c(C(=O)O)[nH]n(-c3ccccc3)c2=O)C=C(C=Cc2ccc(N(C)C)cc2)O1. The Bertz CT molecular complexity index is 1310. The summed E-state index contributed by atoms with van der Waals surface area (Å²) in [6, 6.07) is 16.9. The molecule has 33 heavy (non-hydrogen) atoms. The molecule has 1 aromatic heterocycles. The normalized spacial score (nSPS) is 15.7. The number of aromatic nitrogens is 2. The molecule has 0 bridgehead atoms. The van der Waals surface area contributed by atoms with Crippen molar-refractivity contribution in [3.8, 4) is 5.69 Å². The molecule has 1 aliphatic heterocycles. The number of rotatable bonds is 6. The number of H-pyrrole nitrogens is 1. The van der Waals surface area contributed by atoms with Crippen LogP contribution in [0.2, 0.25) is 0 Å². The van der Waals surface area contributed by atoms with Crippen LogP contribution >= 0.6 is 0 Å². The third-order valence-corrected chi connectivity index (χ3v) is 5.37. The van der Waals surface area contributed by atoms with Gasteiger partial charge in [0.25, 0.3) is 5.56 Å². The molecule has 0 radical (unpaired) electrons. The lowest BCUT2D eigenvalue weighted by Gasteiger charge is -2.18. The molecule has 0 saturated carbocycles. The van der Waals surface area contributed by atoms with E-state index in [1.807, 2.05) is 61.5 Å². The Labute approximate surface area is 191 Å². The van der Waals surface area contributed by atoms with Crippen LogP contribution in [0.5, 0.6) is 0 Å². The molecule has 0 fully saturated rings. The van der Waals surface area contributed by atoms with Crippen molar-refractivity contribution in [3.63, 3.8) is 0 Å². The largest absolute Gasteiger partial charge is 0.477 e. The second-order valence-corrected chi connectivity index (χ2v) is 7.98. The van der Waals surface area contributed by atoms with E-state index in [0.717, 1.165) is 11.3 Å². The number of hydrogen-bond acceptors (Lipinski definition) is 4. The van der Waals surface area contributed by atoms with Crippen molar-refractivity contribution in [2.24, 2.45) is 0 Å². The van der Waals surface area contributed by atoms with Crippen LogP contribution in [-0.4, -0.2) is 35.0 Å². The molecule has 7 nitrogen and oxygen atoms in total. The van der Waals surface area contributed by atoms with Gasteiger partial charge in [-0.25, -0.2) is 9.48 Å². The molecule has 1 unspecified atom stereocenters. The molecule has 0 amide bonds. The first kappa shape index (κ1) is 22.0. The quantitative estimate of drug-likeness (QED) is 0.584. The fraction of sp³-hybridized carbons (Fsp3) is 0.154. The monoisotopic (exact) mass is 443 g/mol. The zero-order valence-electron chi connectivity index (χ0n) is 18.6. The molecular weight excluding hydrogens is 418 g/mol. The molecule has 0 saturated heterocycles. The summed E-state index contributed by atoms with van der Waals surface area (Å²) in [4.78, 5) is 27.2. The van der Waals surface area contributed by atoms with Crippen molar-refractivity contribution in [2.45, 2.75) is 12.8 Å². The number of carboxylic acid groups (broad SMARTS) is 1. The molecule has 1 atom stereocenters. The van der Waals surface area contributed by atoms with Gasteiger partial charge in [0, 0.05) is 25.7 Å². The molecular formula is C26H25N3O4. The van der Waals surface area contributed by atoms with E-state index < -0.39 is 17.4 Å². The first-order chi connectivity index (χ1) is 15.8. The molecule has 3 aromatic rings. The van der Waals surface area contributed by atoms with Crippen molar-refractivity contribution < 1.29 is 14.6 Å². The van der Waals surface area contributed by atoms with Crippen LogP contribution < -0.4 is 10.5 Å². The highest BCUT2D eigenvalue weighted by atomic mass is 16.5. The van der Waals surface area contributed by atoms with Crippen molar-refractivity contribution in [2.75, 3.05) is 19.0 Å². The predicted octanol–water partition coefficient (Wildman–Crippen LogP) is 4.54. The molecule has 0 spiro atoms. The van der Waals surface area contributed by atoms with E-state index in [4.69, 9.17) is 4.74 Å². The first-order valence-electron chi connectivity index (χ1n) is 10.5. The number of aromatic amines is 1. The molecule has 2 aromatic carbocycles. The maximum atomic E-state index is 13.2. The molecule has 0 aliphatic carbocycles. The zero-order valence-corrected chi connectivity index (χ0v) is 18.6. The highest BCUT2D eigenvalue weighted by Crippen LogP contribution is 2.29. The third-order valence-electron chi connectivity index (χ3n) is 5.37. The summed E-state index contributed by atoms with van der Waals surface area (Å²) in [7, 11) is 3.97. The Hall–Kier alpha value is -4.26. The Morgan fingerprint density at radius 2 is 1.76 bits per heavy atom. The van der Waals surface area contributed by atoms with E-state index in [1.54, 1.807) is 43.3 Å². The maximum Gasteiger partial charge on any atom is 0.354 e. The standard InChI is InChI=1S/C26H25N3O4/c1-17-15-19(16-22(33-17)14-11-18-9-12-20(13-10-18)28(2)3)23-24(26(31)32)27-29(25(23)30)21-7-5-4-6-8-21/h4-16,19,27H,1-3H3,(H,31,32). The van der Waals surface area contributed by atoms with Crippen LogP contribution in [0.25, 0.3) is 11.8 Å². The zero-order chi connectivity index (χ0) is 23.5. The van der Waals surface area contributed by atoms with Gasteiger partial charge < -0.3 is 14.7 Å². The minimum atomic E-state index is -1.19. The van der Waals surface area contributed by atoms with Crippen LogP contribution in [-0.2, 0) is 4.74 Å².